The maximum Gasteiger partial charge on any atom is 0.329 e. The molecule has 0 bridgehead atoms. The van der Waals surface area contributed by atoms with Gasteiger partial charge in [-0.2, -0.15) is 0 Å². The van der Waals surface area contributed by atoms with Crippen molar-refractivity contribution in [3.05, 3.63) is 35.9 Å². The molecule has 2 N–H and O–H groups in total. The monoisotopic (exact) mass is 276 g/mol. The Morgan fingerprint density at radius 3 is 2.70 bits per heavy atom. The average Bonchev–Trinajstić information content (AvgIpc) is 2.45. The number of carboxylic acids is 1. The number of hydrogen-bond donors (Lipinski definition) is 2. The van der Waals surface area contributed by atoms with Gasteiger partial charge >= 0.3 is 5.97 Å². The highest BCUT2D eigenvalue weighted by Gasteiger charge is 2.41. The SMILES string of the molecule is CNC(CN1CCCC(C)C1)(C(=O)O)c1ccccc1. The third-order valence-corrected chi connectivity index (χ3v) is 4.26. The van der Waals surface area contributed by atoms with E-state index in [1.54, 1.807) is 7.05 Å². The van der Waals surface area contributed by atoms with Crippen molar-refractivity contribution in [3.63, 3.8) is 0 Å². The molecule has 1 aromatic rings. The van der Waals surface area contributed by atoms with Gasteiger partial charge in [-0.15, -0.1) is 0 Å². The van der Waals surface area contributed by atoms with Crippen LogP contribution in [0.15, 0.2) is 30.3 Å². The predicted molar refractivity (Wildman–Crippen MR) is 79.7 cm³/mol. The molecular weight excluding hydrogens is 252 g/mol. The summed E-state index contributed by atoms with van der Waals surface area (Å²) in [6, 6.07) is 9.47. The molecule has 1 heterocycles. The lowest BCUT2D eigenvalue weighted by Gasteiger charge is -2.38. The second kappa shape index (κ2) is 6.37. The highest BCUT2D eigenvalue weighted by Crippen LogP contribution is 2.25. The van der Waals surface area contributed by atoms with Crippen LogP contribution in [0.3, 0.4) is 0 Å². The van der Waals surface area contributed by atoms with Gasteiger partial charge in [0.05, 0.1) is 0 Å². The van der Waals surface area contributed by atoms with E-state index >= 15 is 0 Å². The fourth-order valence-electron chi connectivity index (χ4n) is 3.10. The summed E-state index contributed by atoms with van der Waals surface area (Å²) in [6.45, 7) is 4.70. The van der Waals surface area contributed by atoms with Crippen LogP contribution in [0, 0.1) is 5.92 Å². The first kappa shape index (κ1) is 15.0. The van der Waals surface area contributed by atoms with E-state index in [1.807, 2.05) is 30.3 Å². The Morgan fingerprint density at radius 2 is 2.15 bits per heavy atom. The lowest BCUT2D eigenvalue weighted by Crippen LogP contribution is -2.56. The van der Waals surface area contributed by atoms with Crippen LogP contribution in [0.1, 0.15) is 25.3 Å². The Bertz CT molecular complexity index is 449. The zero-order valence-corrected chi connectivity index (χ0v) is 12.3. The number of benzene rings is 1. The summed E-state index contributed by atoms with van der Waals surface area (Å²) in [4.78, 5) is 14.2. The first-order valence-electron chi connectivity index (χ1n) is 7.28. The summed E-state index contributed by atoms with van der Waals surface area (Å²) < 4.78 is 0. The van der Waals surface area contributed by atoms with E-state index in [9.17, 15) is 9.90 Å². The Labute approximate surface area is 120 Å². The van der Waals surface area contributed by atoms with Crippen molar-refractivity contribution in [3.8, 4) is 0 Å². The minimum absolute atomic E-state index is 0.507. The van der Waals surface area contributed by atoms with Gasteiger partial charge < -0.3 is 15.3 Å². The molecule has 2 rings (SSSR count). The first-order valence-corrected chi connectivity index (χ1v) is 7.28. The molecule has 0 spiro atoms. The van der Waals surface area contributed by atoms with Crippen molar-refractivity contribution < 1.29 is 9.90 Å². The Balaban J connectivity index is 2.25. The second-order valence-electron chi connectivity index (χ2n) is 5.81. The zero-order valence-electron chi connectivity index (χ0n) is 12.3. The van der Waals surface area contributed by atoms with Crippen LogP contribution in [-0.2, 0) is 10.3 Å². The summed E-state index contributed by atoms with van der Waals surface area (Å²) >= 11 is 0. The number of hydrogen-bond acceptors (Lipinski definition) is 3. The quantitative estimate of drug-likeness (QED) is 0.862. The number of nitrogens with zero attached hydrogens (tertiary/aromatic N) is 1. The fraction of sp³-hybridized carbons (Fsp3) is 0.562. The van der Waals surface area contributed by atoms with Gasteiger partial charge in [-0.3, -0.25) is 0 Å². The second-order valence-corrected chi connectivity index (χ2v) is 5.81. The molecule has 1 aromatic carbocycles. The average molecular weight is 276 g/mol. The summed E-state index contributed by atoms with van der Waals surface area (Å²) in [5.74, 6) is -0.174. The molecule has 4 nitrogen and oxygen atoms in total. The molecule has 0 aromatic heterocycles. The summed E-state index contributed by atoms with van der Waals surface area (Å²) in [7, 11) is 1.73. The highest BCUT2D eigenvalue weighted by molar-refractivity contribution is 5.81. The molecule has 2 unspecified atom stereocenters. The molecule has 110 valence electrons. The smallest absolute Gasteiger partial charge is 0.329 e. The Kier molecular flexibility index (Phi) is 4.78. The number of carboxylic acid groups (broad SMARTS) is 1. The molecule has 0 aliphatic carbocycles. The van der Waals surface area contributed by atoms with Crippen molar-refractivity contribution in [2.24, 2.45) is 5.92 Å². The van der Waals surface area contributed by atoms with Crippen LogP contribution < -0.4 is 5.32 Å². The van der Waals surface area contributed by atoms with E-state index < -0.39 is 11.5 Å². The number of aliphatic carboxylic acids is 1. The maximum atomic E-state index is 11.9. The first-order chi connectivity index (χ1) is 9.58. The van der Waals surface area contributed by atoms with Crippen LogP contribution in [0.5, 0.6) is 0 Å². The van der Waals surface area contributed by atoms with E-state index in [0.717, 1.165) is 25.1 Å². The third-order valence-electron chi connectivity index (χ3n) is 4.26. The van der Waals surface area contributed by atoms with E-state index in [0.29, 0.717) is 12.5 Å². The van der Waals surface area contributed by atoms with Crippen LogP contribution in [-0.4, -0.2) is 42.7 Å². The van der Waals surface area contributed by atoms with Gasteiger partial charge in [-0.05, 0) is 37.9 Å². The molecule has 1 fully saturated rings. The van der Waals surface area contributed by atoms with Gasteiger partial charge in [-0.25, -0.2) is 4.79 Å². The molecule has 0 saturated carbocycles. The van der Waals surface area contributed by atoms with Crippen LogP contribution in [0.4, 0.5) is 0 Å². The Hall–Kier alpha value is -1.39. The molecule has 1 saturated heterocycles. The van der Waals surface area contributed by atoms with E-state index in [4.69, 9.17) is 0 Å². The van der Waals surface area contributed by atoms with Crippen molar-refractivity contribution >= 4 is 5.97 Å². The van der Waals surface area contributed by atoms with Gasteiger partial charge in [0.15, 0.2) is 5.54 Å². The summed E-state index contributed by atoms with van der Waals surface area (Å²) in [6.07, 6.45) is 2.39. The lowest BCUT2D eigenvalue weighted by molar-refractivity contribution is -0.146. The molecular formula is C16H24N2O2. The molecule has 1 aliphatic heterocycles. The zero-order chi connectivity index (χ0) is 14.6. The van der Waals surface area contributed by atoms with Crippen molar-refractivity contribution in [2.75, 3.05) is 26.7 Å². The van der Waals surface area contributed by atoms with E-state index in [-0.39, 0.29) is 0 Å². The van der Waals surface area contributed by atoms with Gasteiger partial charge in [0, 0.05) is 13.1 Å². The van der Waals surface area contributed by atoms with Crippen molar-refractivity contribution in [1.29, 1.82) is 0 Å². The summed E-state index contributed by atoms with van der Waals surface area (Å²) in [5, 5.41) is 12.8. The number of rotatable bonds is 5. The van der Waals surface area contributed by atoms with Crippen LogP contribution in [0.25, 0.3) is 0 Å². The summed E-state index contributed by atoms with van der Waals surface area (Å²) in [5.41, 5.74) is -0.216. The van der Waals surface area contributed by atoms with E-state index in [2.05, 4.69) is 17.1 Å². The molecule has 20 heavy (non-hydrogen) atoms. The number of carbonyl (C=O) groups is 1. The number of likely N-dealkylation sites (N-methyl/N-ethyl adjacent to an activating group) is 1. The fourth-order valence-corrected chi connectivity index (χ4v) is 3.10. The largest absolute Gasteiger partial charge is 0.480 e. The number of likely N-dealkylation sites (tertiary alicyclic amines) is 1. The van der Waals surface area contributed by atoms with E-state index in [1.165, 1.54) is 6.42 Å². The van der Waals surface area contributed by atoms with Gasteiger partial charge in [0.25, 0.3) is 0 Å². The van der Waals surface area contributed by atoms with Crippen molar-refractivity contribution in [2.45, 2.75) is 25.3 Å². The molecule has 1 aliphatic rings. The van der Waals surface area contributed by atoms with Crippen LogP contribution in [0.2, 0.25) is 0 Å². The van der Waals surface area contributed by atoms with Crippen LogP contribution >= 0.6 is 0 Å². The third kappa shape index (κ3) is 3.02. The normalized spacial score (nSPS) is 23.2. The van der Waals surface area contributed by atoms with Gasteiger partial charge in [0.1, 0.15) is 0 Å². The molecule has 0 amide bonds. The number of piperidine rings is 1. The minimum atomic E-state index is -1.03. The number of nitrogens with one attached hydrogen (secondary N) is 1. The predicted octanol–water partition coefficient (Wildman–Crippen LogP) is 1.92. The van der Waals surface area contributed by atoms with Crippen molar-refractivity contribution in [1.82, 2.24) is 10.2 Å². The highest BCUT2D eigenvalue weighted by atomic mass is 16.4. The standard InChI is InChI=1S/C16H24N2O2/c1-13-7-6-10-18(11-13)12-16(17-2,15(19)20)14-8-4-3-5-9-14/h3-5,8-9,13,17H,6-7,10-12H2,1-2H3,(H,19,20). The molecule has 4 heteroatoms. The Morgan fingerprint density at radius 1 is 1.45 bits per heavy atom. The van der Waals surface area contributed by atoms with Gasteiger partial charge in [0.2, 0.25) is 0 Å². The minimum Gasteiger partial charge on any atom is -0.480 e. The topological polar surface area (TPSA) is 52.6 Å². The molecule has 2 atom stereocenters. The van der Waals surface area contributed by atoms with Gasteiger partial charge in [-0.1, -0.05) is 37.3 Å². The maximum absolute atomic E-state index is 11.9. The lowest BCUT2D eigenvalue weighted by atomic mass is 9.88. The molecule has 0 radical (unpaired) electrons.